The zero-order chi connectivity index (χ0) is 14.7. The number of carbonyl (C=O) groups is 3. The third kappa shape index (κ3) is 3.43. The van der Waals surface area contributed by atoms with Crippen LogP contribution in [-0.2, 0) is 20.9 Å². The van der Waals surface area contributed by atoms with Crippen LogP contribution in [-0.4, -0.2) is 33.5 Å². The van der Waals surface area contributed by atoms with Crippen LogP contribution in [0.1, 0.15) is 30.7 Å². The molecule has 1 unspecified atom stereocenters. The third-order valence-corrected chi connectivity index (χ3v) is 3.23. The molecule has 1 saturated heterocycles. The molecule has 7 heteroatoms. The Balaban J connectivity index is 1.82. The van der Waals surface area contributed by atoms with Crippen molar-refractivity contribution in [2.75, 3.05) is 0 Å². The Hall–Kier alpha value is -2.18. The number of nitrogens with one attached hydrogen (secondary N) is 2. The normalized spacial score (nSPS) is 18.8. The van der Waals surface area contributed by atoms with Crippen molar-refractivity contribution in [3.63, 3.8) is 0 Å². The average molecular weight is 278 g/mol. The topological polar surface area (TPSA) is 93.1 Å². The SMILES string of the molecule is Cc1cc(C)n(CCC(=O)NC2CCC(=O)NC2=O)n1. The zero-order valence-electron chi connectivity index (χ0n) is 11.6. The Morgan fingerprint density at radius 3 is 2.85 bits per heavy atom. The fraction of sp³-hybridized carbons (Fsp3) is 0.538. The molecule has 2 N–H and O–H groups in total. The summed E-state index contributed by atoms with van der Waals surface area (Å²) in [6, 6.07) is 1.33. The summed E-state index contributed by atoms with van der Waals surface area (Å²) in [6.45, 7) is 4.30. The van der Waals surface area contributed by atoms with Gasteiger partial charge in [0.05, 0.1) is 5.69 Å². The van der Waals surface area contributed by atoms with E-state index in [1.807, 2.05) is 19.9 Å². The lowest BCUT2D eigenvalue weighted by Gasteiger charge is -2.21. The lowest BCUT2D eigenvalue weighted by molar-refractivity contribution is -0.137. The maximum Gasteiger partial charge on any atom is 0.249 e. The van der Waals surface area contributed by atoms with E-state index >= 15 is 0 Å². The highest BCUT2D eigenvalue weighted by atomic mass is 16.2. The van der Waals surface area contributed by atoms with Crippen molar-refractivity contribution in [2.24, 2.45) is 0 Å². The molecule has 2 rings (SSSR count). The highest BCUT2D eigenvalue weighted by Crippen LogP contribution is 2.06. The number of nitrogens with zero attached hydrogens (tertiary/aromatic N) is 2. The number of aryl methyl sites for hydroxylation is 3. The first-order valence-electron chi connectivity index (χ1n) is 6.60. The molecule has 0 saturated carbocycles. The molecule has 1 aromatic rings. The molecular formula is C13H18N4O3. The van der Waals surface area contributed by atoms with E-state index in [9.17, 15) is 14.4 Å². The van der Waals surface area contributed by atoms with Crippen LogP contribution in [0, 0.1) is 13.8 Å². The Labute approximate surface area is 116 Å². The van der Waals surface area contributed by atoms with Gasteiger partial charge in [0.25, 0.3) is 0 Å². The molecule has 1 aliphatic rings. The third-order valence-electron chi connectivity index (χ3n) is 3.23. The molecule has 1 aromatic heterocycles. The minimum Gasteiger partial charge on any atom is -0.344 e. The van der Waals surface area contributed by atoms with Gasteiger partial charge < -0.3 is 5.32 Å². The second-order valence-electron chi connectivity index (χ2n) is 4.97. The van der Waals surface area contributed by atoms with E-state index in [2.05, 4.69) is 15.7 Å². The molecule has 7 nitrogen and oxygen atoms in total. The van der Waals surface area contributed by atoms with E-state index in [-0.39, 0.29) is 24.7 Å². The summed E-state index contributed by atoms with van der Waals surface area (Å²) in [5.41, 5.74) is 1.91. The summed E-state index contributed by atoms with van der Waals surface area (Å²) < 4.78 is 1.76. The standard InChI is InChI=1S/C13H18N4O3/c1-8-7-9(2)17(16-8)6-5-12(19)14-10-3-4-11(18)15-13(10)20/h7,10H,3-6H2,1-2H3,(H,14,19)(H,15,18,20). The Bertz CT molecular complexity index is 550. The van der Waals surface area contributed by atoms with E-state index in [0.29, 0.717) is 13.0 Å². The Morgan fingerprint density at radius 1 is 1.50 bits per heavy atom. The van der Waals surface area contributed by atoms with Gasteiger partial charge in [0, 0.05) is 25.1 Å². The molecule has 1 fully saturated rings. The van der Waals surface area contributed by atoms with Crippen molar-refractivity contribution in [1.82, 2.24) is 20.4 Å². The number of rotatable bonds is 4. The molecule has 3 amide bonds. The van der Waals surface area contributed by atoms with Gasteiger partial charge in [-0.15, -0.1) is 0 Å². The van der Waals surface area contributed by atoms with Crippen LogP contribution in [0.15, 0.2) is 6.07 Å². The molecular weight excluding hydrogens is 260 g/mol. The molecule has 0 radical (unpaired) electrons. The van der Waals surface area contributed by atoms with E-state index < -0.39 is 11.9 Å². The van der Waals surface area contributed by atoms with Crippen LogP contribution in [0.4, 0.5) is 0 Å². The van der Waals surface area contributed by atoms with Crippen LogP contribution in [0.25, 0.3) is 0 Å². The quantitative estimate of drug-likeness (QED) is 0.747. The predicted octanol–water partition coefficient (Wildman–Crippen LogP) is -0.189. The second-order valence-corrected chi connectivity index (χ2v) is 4.97. The monoisotopic (exact) mass is 278 g/mol. The van der Waals surface area contributed by atoms with Crippen molar-refractivity contribution >= 4 is 17.7 Å². The summed E-state index contributed by atoms with van der Waals surface area (Å²) in [6.07, 6.45) is 0.865. The Morgan fingerprint density at radius 2 is 2.25 bits per heavy atom. The van der Waals surface area contributed by atoms with Crippen molar-refractivity contribution in [3.8, 4) is 0 Å². The summed E-state index contributed by atoms with van der Waals surface area (Å²) in [4.78, 5) is 34.3. The smallest absolute Gasteiger partial charge is 0.249 e. The van der Waals surface area contributed by atoms with Crippen LogP contribution < -0.4 is 10.6 Å². The number of aromatic nitrogens is 2. The minimum atomic E-state index is -0.611. The maximum absolute atomic E-state index is 11.8. The largest absolute Gasteiger partial charge is 0.344 e. The molecule has 0 bridgehead atoms. The molecule has 1 aliphatic heterocycles. The molecule has 0 spiro atoms. The first-order chi connectivity index (χ1) is 9.45. The van der Waals surface area contributed by atoms with E-state index in [1.165, 1.54) is 0 Å². The van der Waals surface area contributed by atoms with Crippen molar-refractivity contribution < 1.29 is 14.4 Å². The number of piperidine rings is 1. The predicted molar refractivity (Wildman–Crippen MR) is 70.6 cm³/mol. The van der Waals surface area contributed by atoms with E-state index in [0.717, 1.165) is 11.4 Å². The maximum atomic E-state index is 11.8. The number of hydrogen-bond donors (Lipinski definition) is 2. The van der Waals surface area contributed by atoms with Gasteiger partial charge >= 0.3 is 0 Å². The molecule has 2 heterocycles. The van der Waals surface area contributed by atoms with E-state index in [1.54, 1.807) is 4.68 Å². The van der Waals surface area contributed by atoms with Gasteiger partial charge in [-0.3, -0.25) is 24.4 Å². The summed E-state index contributed by atoms with van der Waals surface area (Å²) in [7, 11) is 0. The van der Waals surface area contributed by atoms with Crippen molar-refractivity contribution in [2.45, 2.75) is 45.7 Å². The van der Waals surface area contributed by atoms with Gasteiger partial charge in [-0.05, 0) is 26.3 Å². The fourth-order valence-corrected chi connectivity index (χ4v) is 2.21. The van der Waals surface area contributed by atoms with Crippen LogP contribution >= 0.6 is 0 Å². The molecule has 1 atom stereocenters. The summed E-state index contributed by atoms with van der Waals surface area (Å²) in [5.74, 6) is -0.934. The van der Waals surface area contributed by atoms with Crippen molar-refractivity contribution in [3.05, 3.63) is 17.5 Å². The minimum absolute atomic E-state index is 0.216. The highest BCUT2D eigenvalue weighted by molar-refractivity contribution is 6.01. The van der Waals surface area contributed by atoms with Crippen LogP contribution in [0.3, 0.4) is 0 Å². The number of imide groups is 1. The zero-order valence-corrected chi connectivity index (χ0v) is 11.6. The summed E-state index contributed by atoms with van der Waals surface area (Å²) in [5, 5.41) is 9.12. The van der Waals surface area contributed by atoms with Gasteiger partial charge in [0.15, 0.2) is 0 Å². The lowest BCUT2D eigenvalue weighted by Crippen LogP contribution is -2.52. The van der Waals surface area contributed by atoms with Gasteiger partial charge in [0.1, 0.15) is 6.04 Å². The molecule has 0 aliphatic carbocycles. The van der Waals surface area contributed by atoms with Gasteiger partial charge in [-0.2, -0.15) is 5.10 Å². The number of hydrogen-bond acceptors (Lipinski definition) is 4. The van der Waals surface area contributed by atoms with Gasteiger partial charge in [-0.25, -0.2) is 0 Å². The van der Waals surface area contributed by atoms with E-state index in [4.69, 9.17) is 0 Å². The van der Waals surface area contributed by atoms with Crippen LogP contribution in [0.2, 0.25) is 0 Å². The highest BCUT2D eigenvalue weighted by Gasteiger charge is 2.27. The molecule has 20 heavy (non-hydrogen) atoms. The fourth-order valence-electron chi connectivity index (χ4n) is 2.21. The van der Waals surface area contributed by atoms with Crippen LogP contribution in [0.5, 0.6) is 0 Å². The first-order valence-corrected chi connectivity index (χ1v) is 6.60. The first kappa shape index (κ1) is 14.2. The molecule has 108 valence electrons. The van der Waals surface area contributed by atoms with Gasteiger partial charge in [0.2, 0.25) is 17.7 Å². The second kappa shape index (κ2) is 5.85. The lowest BCUT2D eigenvalue weighted by atomic mass is 10.1. The average Bonchev–Trinajstić information content (AvgIpc) is 2.69. The number of amides is 3. The molecule has 0 aromatic carbocycles. The Kier molecular flexibility index (Phi) is 4.16. The number of carbonyl (C=O) groups excluding carboxylic acids is 3. The summed E-state index contributed by atoms with van der Waals surface area (Å²) >= 11 is 0. The van der Waals surface area contributed by atoms with Crippen molar-refractivity contribution in [1.29, 1.82) is 0 Å². The van der Waals surface area contributed by atoms with Gasteiger partial charge in [-0.1, -0.05) is 0 Å².